The van der Waals surface area contributed by atoms with Gasteiger partial charge in [0.05, 0.1) is 0 Å². The zero-order valence-electron chi connectivity index (χ0n) is 3.62. The molecule has 0 rings (SSSR count). The fourth-order valence-electron chi connectivity index (χ4n) is 0. The first-order valence-electron chi connectivity index (χ1n) is 1.71. The van der Waals surface area contributed by atoms with Crippen molar-refractivity contribution in [3.63, 3.8) is 0 Å². The van der Waals surface area contributed by atoms with Crippen LogP contribution in [0.1, 0.15) is 19.8 Å². The van der Waals surface area contributed by atoms with Crippen molar-refractivity contribution in [3.05, 3.63) is 6.92 Å². The van der Waals surface area contributed by atoms with Gasteiger partial charge in [-0.05, 0) is 0 Å². The van der Waals surface area contributed by atoms with Crippen LogP contribution in [-0.2, 0) is 0 Å². The molecule has 0 radical (unpaired) electrons. The predicted molar refractivity (Wildman–Crippen MR) is 20.3 cm³/mol. The van der Waals surface area contributed by atoms with Crippen LogP contribution in [0.25, 0.3) is 0 Å². The van der Waals surface area contributed by atoms with E-state index in [0.717, 1.165) is 6.42 Å². The Morgan fingerprint density at radius 3 is 1.80 bits per heavy atom. The molecule has 5 heavy (non-hydrogen) atoms. The monoisotopic (exact) mass is 199 g/mol. The van der Waals surface area contributed by atoms with Crippen molar-refractivity contribution in [2.24, 2.45) is 0 Å². The van der Waals surface area contributed by atoms with E-state index < -0.39 is 0 Å². The second-order valence-corrected chi connectivity index (χ2v) is 0.854. The van der Waals surface area contributed by atoms with Crippen LogP contribution in [0.2, 0.25) is 0 Å². The molecule has 0 saturated heterocycles. The van der Waals surface area contributed by atoms with Crippen molar-refractivity contribution in [1.29, 1.82) is 0 Å². The largest absolute Gasteiger partial charge is 0.343 e. The minimum absolute atomic E-state index is 0. The van der Waals surface area contributed by atoms with Gasteiger partial charge in [-0.1, -0.05) is 13.3 Å². The summed E-state index contributed by atoms with van der Waals surface area (Å²) in [5.74, 6) is 0. The number of rotatable bonds is 1. The number of hydrogen-bond acceptors (Lipinski definition) is 0. The third-order valence-electron chi connectivity index (χ3n) is 0.354. The summed E-state index contributed by atoms with van der Waals surface area (Å²) in [6.45, 7) is 5.72. The minimum atomic E-state index is 0. The first kappa shape index (κ1) is 9.61. The molecule has 0 heterocycles. The summed E-state index contributed by atoms with van der Waals surface area (Å²) in [7, 11) is 0. The topological polar surface area (TPSA) is 0 Å². The smallest absolute Gasteiger partial charge is 0 e. The molecule has 30 valence electrons. The van der Waals surface area contributed by atoms with Crippen molar-refractivity contribution in [2.75, 3.05) is 0 Å². The molecular weight excluding hydrogens is 192 g/mol. The summed E-state index contributed by atoms with van der Waals surface area (Å²) in [5, 5.41) is 0. The first-order valence-corrected chi connectivity index (χ1v) is 1.71. The Kier molecular flexibility index (Phi) is 17.3. The van der Waals surface area contributed by atoms with Gasteiger partial charge in [-0.25, -0.2) is 0 Å². The van der Waals surface area contributed by atoms with Gasteiger partial charge in [-0.3, -0.25) is 0 Å². The van der Waals surface area contributed by atoms with Crippen molar-refractivity contribution < 1.29 is 40.8 Å². The molecule has 0 aromatic carbocycles. The zero-order chi connectivity index (χ0) is 3.41. The normalized spacial score (nSPS) is 6.00. The quantitative estimate of drug-likeness (QED) is 0.566. The average molecular weight is 201 g/mol. The van der Waals surface area contributed by atoms with E-state index in [1.165, 1.54) is 6.42 Å². The molecule has 0 N–H and O–H groups in total. The third kappa shape index (κ3) is 10.9. The Labute approximate surface area is 66.9 Å². The third-order valence-corrected chi connectivity index (χ3v) is 0.354. The molecule has 0 amide bonds. The van der Waals surface area contributed by atoms with E-state index in [0.29, 0.717) is 0 Å². The molecule has 1 heteroatoms. The molecule has 0 aliphatic carbocycles. The maximum atomic E-state index is 3.60. The Bertz CT molecular complexity index is 5.61. The molecule has 0 spiro atoms. The van der Waals surface area contributed by atoms with Crippen LogP contribution < -0.4 is 0 Å². The Hall–Kier alpha value is 1.35. The second kappa shape index (κ2) is 9.02. The summed E-state index contributed by atoms with van der Waals surface area (Å²) < 4.78 is 0. The molecule has 0 atom stereocenters. The van der Waals surface area contributed by atoms with Crippen LogP contribution in [0.5, 0.6) is 0 Å². The van der Waals surface area contributed by atoms with E-state index in [1.807, 2.05) is 0 Å². The van der Waals surface area contributed by atoms with Crippen LogP contribution in [0.4, 0.5) is 0 Å². The van der Waals surface area contributed by atoms with Crippen molar-refractivity contribution in [3.8, 4) is 0 Å². The Morgan fingerprint density at radius 1 is 1.60 bits per heavy atom. The van der Waals surface area contributed by atoms with Gasteiger partial charge in [0.25, 0.3) is 0 Å². The SMILES string of the molecule is [CH2-]CCC.[Nd]. The summed E-state index contributed by atoms with van der Waals surface area (Å²) in [6, 6.07) is 0. The molecule has 0 saturated carbocycles. The van der Waals surface area contributed by atoms with E-state index in [-0.39, 0.29) is 40.8 Å². The standard InChI is InChI=1S/C4H9.Nd/c1-3-4-2;/h1,3-4H2,2H3;/q-1;. The molecule has 0 fully saturated rings. The molecule has 0 nitrogen and oxygen atoms in total. The van der Waals surface area contributed by atoms with Gasteiger partial charge in [0.15, 0.2) is 0 Å². The number of hydrogen-bond donors (Lipinski definition) is 0. The zero-order valence-corrected chi connectivity index (χ0v) is 6.83. The Morgan fingerprint density at radius 2 is 1.80 bits per heavy atom. The van der Waals surface area contributed by atoms with E-state index in [9.17, 15) is 0 Å². The second-order valence-electron chi connectivity index (χ2n) is 0.854. The van der Waals surface area contributed by atoms with Crippen LogP contribution >= 0.6 is 0 Å². The predicted octanol–water partition coefficient (Wildman–Crippen LogP) is 1.62. The minimum Gasteiger partial charge on any atom is -0.343 e. The van der Waals surface area contributed by atoms with E-state index in [2.05, 4.69) is 13.8 Å². The van der Waals surface area contributed by atoms with Gasteiger partial charge < -0.3 is 6.92 Å². The van der Waals surface area contributed by atoms with Crippen LogP contribution in [0, 0.1) is 47.8 Å². The molecule has 0 unspecified atom stereocenters. The molecule has 0 bridgehead atoms. The average Bonchev–Trinajstić information content (AvgIpc) is 1.37. The fraction of sp³-hybridized carbons (Fsp3) is 0.750. The summed E-state index contributed by atoms with van der Waals surface area (Å²) in [5.41, 5.74) is 0. The van der Waals surface area contributed by atoms with E-state index in [1.54, 1.807) is 0 Å². The fourth-order valence-corrected chi connectivity index (χ4v) is 0. The van der Waals surface area contributed by atoms with E-state index >= 15 is 0 Å². The summed E-state index contributed by atoms with van der Waals surface area (Å²) in [4.78, 5) is 0. The molecular formula is C4H9Nd-. The van der Waals surface area contributed by atoms with Crippen LogP contribution in [0.15, 0.2) is 0 Å². The van der Waals surface area contributed by atoms with Gasteiger partial charge in [0.2, 0.25) is 0 Å². The molecule has 0 aromatic rings. The van der Waals surface area contributed by atoms with Crippen molar-refractivity contribution in [1.82, 2.24) is 0 Å². The van der Waals surface area contributed by atoms with Gasteiger partial charge in [-0.15, -0.1) is 0 Å². The van der Waals surface area contributed by atoms with Gasteiger partial charge in [0.1, 0.15) is 0 Å². The van der Waals surface area contributed by atoms with Crippen molar-refractivity contribution in [2.45, 2.75) is 19.8 Å². The molecule has 0 aromatic heterocycles. The van der Waals surface area contributed by atoms with Crippen molar-refractivity contribution >= 4 is 0 Å². The molecule has 0 aliphatic rings. The first-order chi connectivity index (χ1) is 1.91. The van der Waals surface area contributed by atoms with Gasteiger partial charge >= 0.3 is 0 Å². The maximum absolute atomic E-state index is 3.60. The number of unbranched alkanes of at least 4 members (excludes halogenated alkanes) is 1. The molecule has 0 aliphatic heterocycles. The van der Waals surface area contributed by atoms with Gasteiger partial charge in [0, 0.05) is 40.8 Å². The maximum Gasteiger partial charge on any atom is 0 e. The van der Waals surface area contributed by atoms with Crippen LogP contribution in [0.3, 0.4) is 0 Å². The van der Waals surface area contributed by atoms with E-state index in [4.69, 9.17) is 0 Å². The van der Waals surface area contributed by atoms with Crippen LogP contribution in [-0.4, -0.2) is 0 Å². The van der Waals surface area contributed by atoms with Gasteiger partial charge in [-0.2, -0.15) is 6.42 Å². The summed E-state index contributed by atoms with van der Waals surface area (Å²) in [6.07, 6.45) is 2.28. The Balaban J connectivity index is 0. The summed E-state index contributed by atoms with van der Waals surface area (Å²) >= 11 is 0.